The van der Waals surface area contributed by atoms with Gasteiger partial charge in [-0.15, -0.1) is 0 Å². The summed E-state index contributed by atoms with van der Waals surface area (Å²) in [5.74, 6) is 0.524. The molecule has 2 nitrogen and oxygen atoms in total. The van der Waals surface area contributed by atoms with Gasteiger partial charge in [0.1, 0.15) is 0 Å². The minimum Gasteiger partial charge on any atom is -0.758 e. The lowest BCUT2D eigenvalue weighted by molar-refractivity contribution is 0.866. The molecule has 66 valence electrons. The molecule has 0 aliphatic heterocycles. The number of rotatable bonds is 2. The van der Waals surface area contributed by atoms with Crippen molar-refractivity contribution in [1.82, 2.24) is 0 Å². The van der Waals surface area contributed by atoms with Crippen LogP contribution >= 0.6 is 0 Å². The highest BCUT2D eigenvalue weighted by Gasteiger charge is 1.97. The molecule has 0 fully saturated rings. The van der Waals surface area contributed by atoms with E-state index >= 15 is 0 Å². The summed E-state index contributed by atoms with van der Waals surface area (Å²) in [4.78, 5) is 0. The first-order valence-electron chi connectivity index (χ1n) is 4.12. The van der Waals surface area contributed by atoms with E-state index in [2.05, 4.69) is 13.8 Å². The van der Waals surface area contributed by atoms with Crippen molar-refractivity contribution in [2.45, 2.75) is 19.8 Å². The maximum atomic E-state index is 10.8. The molecule has 2 heteroatoms. The average Bonchev–Trinajstić information content (AvgIpc) is 2.04. The monoisotopic (exact) mass is 164 g/mol. The molecule has 0 bridgehead atoms. The Morgan fingerprint density at radius 1 is 1.17 bits per heavy atom. The number of hydroxylamine groups is 1. The molecule has 0 saturated carbocycles. The SMILES string of the molecule is CC(C)c1ccc(N(C)[O-])cc1. The van der Waals surface area contributed by atoms with Gasteiger partial charge in [0, 0.05) is 5.69 Å². The lowest BCUT2D eigenvalue weighted by atomic mass is 10.0. The maximum absolute atomic E-state index is 10.8. The van der Waals surface area contributed by atoms with Crippen molar-refractivity contribution in [3.63, 3.8) is 0 Å². The fraction of sp³-hybridized carbons (Fsp3) is 0.400. The summed E-state index contributed by atoms with van der Waals surface area (Å²) < 4.78 is 0. The van der Waals surface area contributed by atoms with E-state index in [1.54, 1.807) is 0 Å². The molecule has 1 aromatic rings. The Kier molecular flexibility index (Phi) is 2.71. The number of anilines is 1. The van der Waals surface area contributed by atoms with Crippen LogP contribution in [0.1, 0.15) is 25.3 Å². The smallest absolute Gasteiger partial charge is 0.0257 e. The minimum atomic E-state index is 0.524. The first kappa shape index (κ1) is 9.07. The van der Waals surface area contributed by atoms with Crippen molar-refractivity contribution >= 4 is 5.69 Å². The predicted molar refractivity (Wildman–Crippen MR) is 52.3 cm³/mol. The first-order valence-corrected chi connectivity index (χ1v) is 4.12. The summed E-state index contributed by atoms with van der Waals surface area (Å²) in [6.07, 6.45) is 0. The van der Waals surface area contributed by atoms with Crippen molar-refractivity contribution in [3.8, 4) is 0 Å². The summed E-state index contributed by atoms with van der Waals surface area (Å²) in [5.41, 5.74) is 1.97. The molecule has 0 atom stereocenters. The van der Waals surface area contributed by atoms with Crippen molar-refractivity contribution in [1.29, 1.82) is 0 Å². The maximum Gasteiger partial charge on any atom is 0.0257 e. The third kappa shape index (κ3) is 1.98. The van der Waals surface area contributed by atoms with Gasteiger partial charge in [-0.3, -0.25) is 0 Å². The van der Waals surface area contributed by atoms with Gasteiger partial charge in [0.05, 0.1) is 0 Å². The zero-order valence-corrected chi connectivity index (χ0v) is 7.74. The van der Waals surface area contributed by atoms with Crippen LogP contribution in [0, 0.1) is 5.21 Å². The van der Waals surface area contributed by atoms with Crippen molar-refractivity contribution in [2.24, 2.45) is 0 Å². The summed E-state index contributed by atoms with van der Waals surface area (Å²) >= 11 is 0. The van der Waals surface area contributed by atoms with Crippen molar-refractivity contribution in [3.05, 3.63) is 35.0 Å². The minimum absolute atomic E-state index is 0.524. The van der Waals surface area contributed by atoms with Gasteiger partial charge in [-0.1, -0.05) is 26.0 Å². The van der Waals surface area contributed by atoms with Crippen LogP contribution in [0.5, 0.6) is 0 Å². The highest BCUT2D eigenvalue weighted by atomic mass is 16.5. The Morgan fingerprint density at radius 2 is 1.67 bits per heavy atom. The zero-order chi connectivity index (χ0) is 9.14. The van der Waals surface area contributed by atoms with Crippen LogP contribution in [0.3, 0.4) is 0 Å². The third-order valence-electron chi connectivity index (χ3n) is 1.92. The second-order valence-corrected chi connectivity index (χ2v) is 3.24. The molecular formula is C10H14NO-. The molecule has 0 saturated heterocycles. The Bertz CT molecular complexity index is 212. The van der Waals surface area contributed by atoms with Gasteiger partial charge in [-0.05, 0) is 30.7 Å². The molecule has 0 spiro atoms. The molecule has 0 aliphatic carbocycles. The van der Waals surface area contributed by atoms with E-state index in [0.717, 1.165) is 5.06 Å². The summed E-state index contributed by atoms with van der Waals surface area (Å²) in [7, 11) is 1.50. The van der Waals surface area contributed by atoms with Crippen LogP contribution in [-0.2, 0) is 0 Å². The Labute approximate surface area is 73.4 Å². The molecule has 0 aliphatic rings. The van der Waals surface area contributed by atoms with E-state index in [4.69, 9.17) is 0 Å². The van der Waals surface area contributed by atoms with Crippen molar-refractivity contribution in [2.75, 3.05) is 12.1 Å². The van der Waals surface area contributed by atoms with Crippen LogP contribution in [0.25, 0.3) is 0 Å². The van der Waals surface area contributed by atoms with E-state index in [-0.39, 0.29) is 0 Å². The number of hydrogen-bond donors (Lipinski definition) is 0. The molecular weight excluding hydrogens is 150 g/mol. The highest BCUT2D eigenvalue weighted by Crippen LogP contribution is 2.18. The fourth-order valence-electron chi connectivity index (χ4n) is 1.07. The molecule has 0 N–H and O–H groups in total. The van der Waals surface area contributed by atoms with E-state index in [1.807, 2.05) is 24.3 Å². The molecule has 0 amide bonds. The van der Waals surface area contributed by atoms with Crippen LogP contribution in [-0.4, -0.2) is 7.05 Å². The number of nitrogens with zero attached hydrogens (tertiary/aromatic N) is 1. The molecule has 0 aromatic heterocycles. The Morgan fingerprint density at radius 3 is 2.00 bits per heavy atom. The average molecular weight is 164 g/mol. The Balaban J connectivity index is 2.86. The molecule has 1 aromatic carbocycles. The second-order valence-electron chi connectivity index (χ2n) is 3.24. The molecule has 12 heavy (non-hydrogen) atoms. The van der Waals surface area contributed by atoms with Gasteiger partial charge in [0.25, 0.3) is 0 Å². The molecule has 1 rings (SSSR count). The standard InChI is InChI=1S/C10H14NO/c1-8(2)9-4-6-10(7-5-9)11(3)12/h4-8H,1-3H3/q-1. The summed E-state index contributed by atoms with van der Waals surface area (Å²) in [6.45, 7) is 4.27. The molecule has 0 radical (unpaired) electrons. The van der Waals surface area contributed by atoms with E-state index in [0.29, 0.717) is 11.6 Å². The first-order chi connectivity index (χ1) is 5.61. The number of benzene rings is 1. The van der Waals surface area contributed by atoms with Crippen LogP contribution in [0.2, 0.25) is 0 Å². The summed E-state index contributed by atoms with van der Waals surface area (Å²) in [6, 6.07) is 7.69. The van der Waals surface area contributed by atoms with E-state index in [9.17, 15) is 5.21 Å². The predicted octanol–water partition coefficient (Wildman–Crippen LogP) is 2.74. The third-order valence-corrected chi connectivity index (χ3v) is 1.92. The normalized spacial score (nSPS) is 10.4. The quantitative estimate of drug-likeness (QED) is 0.628. The fourth-order valence-corrected chi connectivity index (χ4v) is 1.07. The lowest BCUT2D eigenvalue weighted by Crippen LogP contribution is -2.05. The van der Waals surface area contributed by atoms with Gasteiger partial charge in [0.2, 0.25) is 0 Å². The lowest BCUT2D eigenvalue weighted by Gasteiger charge is -2.24. The van der Waals surface area contributed by atoms with E-state index in [1.165, 1.54) is 12.6 Å². The topological polar surface area (TPSA) is 26.3 Å². The molecule has 0 unspecified atom stereocenters. The second kappa shape index (κ2) is 3.59. The van der Waals surface area contributed by atoms with Gasteiger partial charge in [-0.2, -0.15) is 0 Å². The van der Waals surface area contributed by atoms with Gasteiger partial charge in [0.15, 0.2) is 0 Å². The van der Waals surface area contributed by atoms with Gasteiger partial charge in [-0.25, -0.2) is 0 Å². The largest absolute Gasteiger partial charge is 0.758 e. The van der Waals surface area contributed by atoms with E-state index < -0.39 is 0 Å². The van der Waals surface area contributed by atoms with Crippen molar-refractivity contribution < 1.29 is 0 Å². The van der Waals surface area contributed by atoms with Gasteiger partial charge < -0.3 is 10.3 Å². The van der Waals surface area contributed by atoms with Crippen LogP contribution in [0.4, 0.5) is 5.69 Å². The Hall–Kier alpha value is -1.02. The zero-order valence-electron chi connectivity index (χ0n) is 7.74. The highest BCUT2D eigenvalue weighted by molar-refractivity contribution is 5.47. The number of hydrogen-bond acceptors (Lipinski definition) is 2. The summed E-state index contributed by atoms with van der Waals surface area (Å²) in [5, 5.41) is 11.7. The van der Waals surface area contributed by atoms with Crippen LogP contribution < -0.4 is 5.06 Å². The van der Waals surface area contributed by atoms with Gasteiger partial charge >= 0.3 is 0 Å². The molecule has 0 heterocycles. The van der Waals surface area contributed by atoms with Crippen LogP contribution in [0.15, 0.2) is 24.3 Å².